The smallest absolute Gasteiger partial charge is 0.0169 e. The summed E-state index contributed by atoms with van der Waals surface area (Å²) < 4.78 is 0. The Kier molecular flexibility index (Phi) is 14.7. The molecule has 0 aromatic carbocycles. The van der Waals surface area contributed by atoms with Crippen molar-refractivity contribution in [1.29, 1.82) is 0 Å². The van der Waals surface area contributed by atoms with Crippen molar-refractivity contribution in [3.63, 3.8) is 0 Å². The van der Waals surface area contributed by atoms with E-state index in [0.29, 0.717) is 5.92 Å². The molecule has 0 aliphatic rings. The summed E-state index contributed by atoms with van der Waals surface area (Å²) in [4.78, 5) is 0. The summed E-state index contributed by atoms with van der Waals surface area (Å²) in [6.45, 7) is 6.71. The Morgan fingerprint density at radius 3 is 2.00 bits per heavy atom. The van der Waals surface area contributed by atoms with Gasteiger partial charge in [0, 0.05) is 0 Å². The first kappa shape index (κ1) is 18.2. The Hall–Kier alpha value is -0.780. The van der Waals surface area contributed by atoms with Gasteiger partial charge in [-0.1, -0.05) is 82.9 Å². The van der Waals surface area contributed by atoms with Crippen LogP contribution < -0.4 is 0 Å². The van der Waals surface area contributed by atoms with Crippen molar-refractivity contribution in [2.24, 2.45) is 5.92 Å². The summed E-state index contributed by atoms with van der Waals surface area (Å²) in [5.41, 5.74) is 0. The normalized spacial score (nSPS) is 12.6. The molecule has 0 heteroatoms. The first-order chi connectivity index (χ1) is 9.27. The molecule has 0 spiro atoms. The van der Waals surface area contributed by atoms with Gasteiger partial charge in [-0.2, -0.15) is 0 Å². The molecule has 0 saturated heterocycles. The fourth-order valence-corrected chi connectivity index (χ4v) is 1.93. The van der Waals surface area contributed by atoms with E-state index in [-0.39, 0.29) is 0 Å². The molecule has 0 saturated carbocycles. The highest BCUT2D eigenvalue weighted by Crippen LogP contribution is 2.05. The largest absolute Gasteiger partial charge is 0.0882 e. The van der Waals surface area contributed by atoms with Crippen molar-refractivity contribution in [2.75, 3.05) is 0 Å². The first-order valence-electron chi connectivity index (χ1n) is 8.24. The van der Waals surface area contributed by atoms with E-state index in [2.05, 4.69) is 57.2 Å². The summed E-state index contributed by atoms with van der Waals surface area (Å²) in [5.74, 6) is 0.684. The lowest BCUT2D eigenvalue weighted by Gasteiger charge is -1.95. The van der Waals surface area contributed by atoms with Crippen LogP contribution in [0.15, 0.2) is 36.5 Å². The molecule has 0 N–H and O–H groups in total. The van der Waals surface area contributed by atoms with Gasteiger partial charge in [-0.25, -0.2) is 0 Å². The van der Waals surface area contributed by atoms with Crippen LogP contribution in [0.4, 0.5) is 0 Å². The molecule has 0 atom stereocenters. The van der Waals surface area contributed by atoms with Gasteiger partial charge in [0.25, 0.3) is 0 Å². The highest BCUT2D eigenvalue weighted by atomic mass is 13.9. The van der Waals surface area contributed by atoms with E-state index < -0.39 is 0 Å². The van der Waals surface area contributed by atoms with Crippen LogP contribution >= 0.6 is 0 Å². The van der Waals surface area contributed by atoms with Crippen LogP contribution in [0.2, 0.25) is 0 Å². The highest BCUT2D eigenvalue weighted by Gasteiger charge is 1.86. The zero-order chi connectivity index (χ0) is 14.2. The van der Waals surface area contributed by atoms with E-state index in [1.165, 1.54) is 51.4 Å². The van der Waals surface area contributed by atoms with Crippen molar-refractivity contribution in [3.8, 4) is 0 Å². The van der Waals surface area contributed by atoms with Crippen LogP contribution in [0, 0.1) is 5.92 Å². The Labute approximate surface area is 121 Å². The minimum absolute atomic E-state index is 0.684. The molecule has 0 rings (SSSR count). The number of unbranched alkanes of at least 4 members (excludes halogenated alkanes) is 6. The van der Waals surface area contributed by atoms with E-state index in [1.54, 1.807) is 0 Å². The van der Waals surface area contributed by atoms with Crippen LogP contribution in [-0.4, -0.2) is 0 Å². The van der Waals surface area contributed by atoms with E-state index in [0.717, 1.165) is 6.42 Å². The molecule has 0 radical (unpaired) electrons. The molecular weight excluding hydrogens is 228 g/mol. The lowest BCUT2D eigenvalue weighted by molar-refractivity contribution is 0.637. The second kappa shape index (κ2) is 15.3. The van der Waals surface area contributed by atoms with Crippen molar-refractivity contribution in [1.82, 2.24) is 0 Å². The van der Waals surface area contributed by atoms with Gasteiger partial charge in [0.2, 0.25) is 0 Å². The molecule has 0 bridgehead atoms. The molecule has 19 heavy (non-hydrogen) atoms. The molecule has 0 fully saturated rings. The standard InChI is InChI=1S/C19H34/c1-4-5-6-7-8-9-10-11-12-13-14-15-16-17-18-19(2)3/h10-11,13-14,17-19H,4-9,12,15-16H2,1-3H3. The van der Waals surface area contributed by atoms with Gasteiger partial charge < -0.3 is 0 Å². The molecule has 0 aromatic heterocycles. The quantitative estimate of drug-likeness (QED) is 0.267. The fourth-order valence-electron chi connectivity index (χ4n) is 1.93. The Morgan fingerprint density at radius 1 is 0.684 bits per heavy atom. The van der Waals surface area contributed by atoms with Crippen LogP contribution in [-0.2, 0) is 0 Å². The van der Waals surface area contributed by atoms with Gasteiger partial charge >= 0.3 is 0 Å². The third kappa shape index (κ3) is 17.2. The summed E-state index contributed by atoms with van der Waals surface area (Å²) in [6, 6.07) is 0. The van der Waals surface area contributed by atoms with Crippen molar-refractivity contribution in [3.05, 3.63) is 36.5 Å². The summed E-state index contributed by atoms with van der Waals surface area (Å²) in [7, 11) is 0. The SMILES string of the molecule is CCCCCCCC=CCC=CCCC=CC(C)C. The van der Waals surface area contributed by atoms with Gasteiger partial charge in [-0.15, -0.1) is 0 Å². The van der Waals surface area contributed by atoms with Crippen LogP contribution in [0.3, 0.4) is 0 Å². The third-order valence-corrected chi connectivity index (χ3v) is 3.10. The molecule has 0 aromatic rings. The van der Waals surface area contributed by atoms with Crippen LogP contribution in [0.1, 0.15) is 78.6 Å². The molecular formula is C19H34. The molecule has 0 aliphatic carbocycles. The number of hydrogen-bond donors (Lipinski definition) is 0. The van der Waals surface area contributed by atoms with E-state index in [4.69, 9.17) is 0 Å². The van der Waals surface area contributed by atoms with E-state index in [1.807, 2.05) is 0 Å². The predicted molar refractivity (Wildman–Crippen MR) is 89.5 cm³/mol. The minimum atomic E-state index is 0.684. The fraction of sp³-hybridized carbons (Fsp3) is 0.684. The van der Waals surface area contributed by atoms with Crippen molar-refractivity contribution < 1.29 is 0 Å². The second-order valence-electron chi connectivity index (χ2n) is 5.63. The van der Waals surface area contributed by atoms with E-state index >= 15 is 0 Å². The van der Waals surface area contributed by atoms with Gasteiger partial charge in [0.1, 0.15) is 0 Å². The van der Waals surface area contributed by atoms with Gasteiger partial charge in [-0.05, 0) is 38.0 Å². The maximum absolute atomic E-state index is 2.34. The molecule has 0 amide bonds. The minimum Gasteiger partial charge on any atom is -0.0882 e. The Bertz CT molecular complexity index is 243. The maximum atomic E-state index is 2.34. The average molecular weight is 262 g/mol. The van der Waals surface area contributed by atoms with Gasteiger partial charge in [0.05, 0.1) is 0 Å². The van der Waals surface area contributed by atoms with Gasteiger partial charge in [0.15, 0.2) is 0 Å². The number of rotatable bonds is 12. The van der Waals surface area contributed by atoms with Crippen molar-refractivity contribution in [2.45, 2.75) is 78.6 Å². The Morgan fingerprint density at radius 2 is 1.32 bits per heavy atom. The summed E-state index contributed by atoms with van der Waals surface area (Å²) in [6.07, 6.45) is 25.4. The van der Waals surface area contributed by atoms with Crippen molar-refractivity contribution >= 4 is 0 Å². The average Bonchev–Trinajstić information content (AvgIpc) is 2.39. The van der Waals surface area contributed by atoms with Gasteiger partial charge in [-0.3, -0.25) is 0 Å². The topological polar surface area (TPSA) is 0 Å². The molecule has 110 valence electrons. The molecule has 0 aliphatic heterocycles. The van der Waals surface area contributed by atoms with E-state index in [9.17, 15) is 0 Å². The number of hydrogen-bond acceptors (Lipinski definition) is 0. The molecule has 0 nitrogen and oxygen atoms in total. The molecule has 0 unspecified atom stereocenters. The Balaban J connectivity index is 3.27. The third-order valence-electron chi connectivity index (χ3n) is 3.10. The first-order valence-corrected chi connectivity index (χ1v) is 8.24. The predicted octanol–water partition coefficient (Wildman–Crippen LogP) is 6.84. The summed E-state index contributed by atoms with van der Waals surface area (Å²) in [5, 5.41) is 0. The molecule has 0 heterocycles. The highest BCUT2D eigenvalue weighted by molar-refractivity contribution is 4.94. The lowest BCUT2D eigenvalue weighted by atomic mass is 10.1. The summed E-state index contributed by atoms with van der Waals surface area (Å²) >= 11 is 0. The number of allylic oxidation sites excluding steroid dienone is 6. The van der Waals surface area contributed by atoms with Crippen LogP contribution in [0.5, 0.6) is 0 Å². The maximum Gasteiger partial charge on any atom is -0.0169 e. The van der Waals surface area contributed by atoms with Crippen LogP contribution in [0.25, 0.3) is 0 Å². The zero-order valence-corrected chi connectivity index (χ0v) is 13.4. The zero-order valence-electron chi connectivity index (χ0n) is 13.4. The lowest BCUT2D eigenvalue weighted by Crippen LogP contribution is -1.76. The second-order valence-corrected chi connectivity index (χ2v) is 5.63. The monoisotopic (exact) mass is 262 g/mol.